The summed E-state index contributed by atoms with van der Waals surface area (Å²) < 4.78 is 0. The third-order valence-corrected chi connectivity index (χ3v) is 2.87. The molecule has 1 amide bonds. The Hall–Kier alpha value is -2.80. The molecule has 0 spiro atoms. The molecule has 0 saturated heterocycles. The Morgan fingerprint density at radius 3 is 2.35 bits per heavy atom. The summed E-state index contributed by atoms with van der Waals surface area (Å²) in [7, 11) is 0. The summed E-state index contributed by atoms with van der Waals surface area (Å²) in [6.45, 7) is 0. The lowest BCUT2D eigenvalue weighted by Gasteiger charge is -2.05. The highest BCUT2D eigenvalue weighted by Crippen LogP contribution is 2.12. The van der Waals surface area contributed by atoms with Crippen LogP contribution in [-0.4, -0.2) is 11.0 Å². The number of rotatable bonds is 4. The van der Waals surface area contributed by atoms with Crippen LogP contribution in [0.1, 0.15) is 17.5 Å². The molecule has 0 atom stereocenters. The molecule has 4 heteroatoms. The molecule has 0 heterocycles. The van der Waals surface area contributed by atoms with Crippen molar-refractivity contribution in [2.45, 2.75) is 12.8 Å². The zero-order chi connectivity index (χ0) is 14.4. The normalized spacial score (nSPS) is 9.75. The highest BCUT2D eigenvalue weighted by molar-refractivity contribution is 5.90. The molecule has 100 valence electrons. The van der Waals surface area contributed by atoms with Crippen LogP contribution < -0.4 is 5.32 Å². The second-order valence-corrected chi connectivity index (χ2v) is 4.40. The van der Waals surface area contributed by atoms with Gasteiger partial charge in [-0.05, 0) is 48.4 Å². The van der Waals surface area contributed by atoms with Crippen molar-refractivity contribution < 1.29 is 9.90 Å². The van der Waals surface area contributed by atoms with Gasteiger partial charge in [-0.3, -0.25) is 4.79 Å². The van der Waals surface area contributed by atoms with Gasteiger partial charge in [-0.25, -0.2) is 0 Å². The highest BCUT2D eigenvalue weighted by Gasteiger charge is 2.03. The van der Waals surface area contributed by atoms with Crippen LogP contribution in [0.4, 0.5) is 5.69 Å². The standard InChI is InChI=1S/C16H14N2O2/c17-11-13-1-6-14(7-2-13)18-16(20)10-5-12-3-8-15(19)9-4-12/h1-4,6-9,19H,5,10H2,(H,18,20). The van der Waals surface area contributed by atoms with Gasteiger partial charge in [0.25, 0.3) is 0 Å². The van der Waals surface area contributed by atoms with E-state index in [2.05, 4.69) is 5.32 Å². The summed E-state index contributed by atoms with van der Waals surface area (Å²) >= 11 is 0. The molecule has 0 unspecified atom stereocenters. The first-order chi connectivity index (χ1) is 9.67. The number of anilines is 1. The summed E-state index contributed by atoms with van der Waals surface area (Å²) in [6, 6.07) is 15.6. The Kier molecular flexibility index (Phi) is 4.35. The van der Waals surface area contributed by atoms with E-state index in [-0.39, 0.29) is 11.7 Å². The SMILES string of the molecule is N#Cc1ccc(NC(=O)CCc2ccc(O)cc2)cc1. The number of hydrogen-bond acceptors (Lipinski definition) is 3. The van der Waals surface area contributed by atoms with Crippen LogP contribution in [0.5, 0.6) is 5.75 Å². The Balaban J connectivity index is 1.86. The molecule has 2 rings (SSSR count). The molecule has 0 aliphatic heterocycles. The van der Waals surface area contributed by atoms with Crippen LogP contribution in [0.3, 0.4) is 0 Å². The molecule has 20 heavy (non-hydrogen) atoms. The van der Waals surface area contributed by atoms with Gasteiger partial charge in [-0.2, -0.15) is 5.26 Å². The number of nitriles is 1. The number of carbonyl (C=O) groups is 1. The average Bonchev–Trinajstić information content (AvgIpc) is 2.47. The lowest BCUT2D eigenvalue weighted by atomic mass is 10.1. The van der Waals surface area contributed by atoms with Gasteiger partial charge in [0.15, 0.2) is 0 Å². The number of amides is 1. The third kappa shape index (κ3) is 3.85. The molecule has 0 fully saturated rings. The van der Waals surface area contributed by atoms with Gasteiger partial charge in [-0.15, -0.1) is 0 Å². The number of aromatic hydroxyl groups is 1. The van der Waals surface area contributed by atoms with Gasteiger partial charge in [-0.1, -0.05) is 12.1 Å². The minimum Gasteiger partial charge on any atom is -0.508 e. The number of aryl methyl sites for hydroxylation is 1. The van der Waals surface area contributed by atoms with E-state index in [1.807, 2.05) is 6.07 Å². The van der Waals surface area contributed by atoms with E-state index < -0.39 is 0 Å². The van der Waals surface area contributed by atoms with Crippen LogP contribution in [0.15, 0.2) is 48.5 Å². The fourth-order valence-electron chi connectivity index (χ4n) is 1.77. The van der Waals surface area contributed by atoms with E-state index in [9.17, 15) is 4.79 Å². The van der Waals surface area contributed by atoms with Gasteiger partial charge in [0.1, 0.15) is 5.75 Å². The van der Waals surface area contributed by atoms with Gasteiger partial charge in [0, 0.05) is 12.1 Å². The van der Waals surface area contributed by atoms with Crippen LogP contribution in [0.25, 0.3) is 0 Å². The van der Waals surface area contributed by atoms with Crippen LogP contribution in [0, 0.1) is 11.3 Å². The quantitative estimate of drug-likeness (QED) is 0.893. The molecule has 2 aromatic carbocycles. The molecule has 4 nitrogen and oxygen atoms in total. The summed E-state index contributed by atoms with van der Waals surface area (Å²) in [6.07, 6.45) is 0.979. The maximum Gasteiger partial charge on any atom is 0.224 e. The molecule has 2 aromatic rings. The summed E-state index contributed by atoms with van der Waals surface area (Å²) in [5.41, 5.74) is 2.24. The molecule has 0 aromatic heterocycles. The minimum absolute atomic E-state index is 0.0808. The first kappa shape index (κ1) is 13.6. The van der Waals surface area contributed by atoms with Crippen molar-refractivity contribution in [3.8, 4) is 11.8 Å². The van der Waals surface area contributed by atoms with E-state index in [0.29, 0.717) is 24.1 Å². The number of carbonyl (C=O) groups excluding carboxylic acids is 1. The maximum absolute atomic E-state index is 11.8. The summed E-state index contributed by atoms with van der Waals surface area (Å²) in [5, 5.41) is 20.6. The smallest absolute Gasteiger partial charge is 0.224 e. The first-order valence-corrected chi connectivity index (χ1v) is 6.25. The summed E-state index contributed by atoms with van der Waals surface area (Å²) in [5.74, 6) is 0.138. The van der Waals surface area contributed by atoms with Gasteiger partial charge < -0.3 is 10.4 Å². The molecule has 0 radical (unpaired) electrons. The van der Waals surface area contributed by atoms with Crippen molar-refractivity contribution in [3.63, 3.8) is 0 Å². The van der Waals surface area contributed by atoms with Crippen molar-refractivity contribution >= 4 is 11.6 Å². The van der Waals surface area contributed by atoms with E-state index in [0.717, 1.165) is 5.56 Å². The average molecular weight is 266 g/mol. The number of phenols is 1. The van der Waals surface area contributed by atoms with Crippen LogP contribution in [0.2, 0.25) is 0 Å². The largest absolute Gasteiger partial charge is 0.508 e. The summed E-state index contributed by atoms with van der Waals surface area (Å²) in [4.78, 5) is 11.8. The Morgan fingerprint density at radius 2 is 1.75 bits per heavy atom. The minimum atomic E-state index is -0.0808. The molecule has 0 aliphatic carbocycles. The lowest BCUT2D eigenvalue weighted by molar-refractivity contribution is -0.116. The number of benzene rings is 2. The van der Waals surface area contributed by atoms with E-state index >= 15 is 0 Å². The predicted molar refractivity (Wildman–Crippen MR) is 76.2 cm³/mol. The topological polar surface area (TPSA) is 73.1 Å². The molecule has 2 N–H and O–H groups in total. The van der Waals surface area contributed by atoms with E-state index in [1.165, 1.54) is 0 Å². The van der Waals surface area contributed by atoms with Crippen LogP contribution in [-0.2, 0) is 11.2 Å². The monoisotopic (exact) mass is 266 g/mol. The molecule has 0 bridgehead atoms. The Labute approximate surface area is 117 Å². The van der Waals surface area contributed by atoms with Gasteiger partial charge in [0.05, 0.1) is 11.6 Å². The maximum atomic E-state index is 11.8. The second-order valence-electron chi connectivity index (χ2n) is 4.40. The molecular weight excluding hydrogens is 252 g/mol. The Bertz CT molecular complexity index is 625. The third-order valence-electron chi connectivity index (χ3n) is 2.87. The number of nitrogens with one attached hydrogen (secondary N) is 1. The zero-order valence-corrected chi connectivity index (χ0v) is 10.8. The van der Waals surface area contributed by atoms with Crippen molar-refractivity contribution in [2.75, 3.05) is 5.32 Å². The van der Waals surface area contributed by atoms with Crippen molar-refractivity contribution in [1.82, 2.24) is 0 Å². The van der Waals surface area contributed by atoms with Crippen molar-refractivity contribution in [3.05, 3.63) is 59.7 Å². The van der Waals surface area contributed by atoms with Crippen LogP contribution >= 0.6 is 0 Å². The van der Waals surface area contributed by atoms with Crippen molar-refractivity contribution in [1.29, 1.82) is 5.26 Å². The zero-order valence-electron chi connectivity index (χ0n) is 10.8. The fraction of sp³-hybridized carbons (Fsp3) is 0.125. The highest BCUT2D eigenvalue weighted by atomic mass is 16.3. The van der Waals surface area contributed by atoms with Crippen molar-refractivity contribution in [2.24, 2.45) is 0 Å². The van der Waals surface area contributed by atoms with Gasteiger partial charge in [0.2, 0.25) is 5.91 Å². The predicted octanol–water partition coefficient (Wildman–Crippen LogP) is 2.84. The molecule has 0 aliphatic rings. The first-order valence-electron chi connectivity index (χ1n) is 6.25. The van der Waals surface area contributed by atoms with E-state index in [1.54, 1.807) is 48.5 Å². The number of nitrogens with zero attached hydrogens (tertiary/aromatic N) is 1. The lowest BCUT2D eigenvalue weighted by Crippen LogP contribution is -2.12. The number of phenolic OH excluding ortho intramolecular Hbond substituents is 1. The van der Waals surface area contributed by atoms with E-state index in [4.69, 9.17) is 10.4 Å². The fourth-order valence-corrected chi connectivity index (χ4v) is 1.77. The molecular formula is C16H14N2O2. The van der Waals surface area contributed by atoms with Gasteiger partial charge >= 0.3 is 0 Å². The number of hydrogen-bond donors (Lipinski definition) is 2. The second kappa shape index (κ2) is 6.39. The Morgan fingerprint density at radius 1 is 1.10 bits per heavy atom. The molecule has 0 saturated carbocycles.